The Bertz CT molecular complexity index is 1280. The standard InChI is InChI=1S/C57H94O6/c1-4-7-10-13-16-19-22-25-26-27-28-29-30-33-35-38-41-44-47-50-56(59)62-53-54(63-57(60)51-48-45-42-39-36-32-24-21-18-15-12-9-6-3)52-61-55(58)49-46-43-40-37-34-31-23-20-17-14-11-8-5-2/h9,12,15,18,21,24,27-28,31-32,34,36,39-40,42-43,54H,4-8,10-11,13-14,16-17,19-20,22-23,25-26,29-30,33,35,37-38,41,44-53H2,1-3H3/b12-9-,18-15-,24-21-,28-27-,34-31-,36-32-,42-39-,43-40-. The Balaban J connectivity index is 4.50. The van der Waals surface area contributed by atoms with Gasteiger partial charge in [-0.2, -0.15) is 0 Å². The molecular formula is C57H94O6. The fourth-order valence-electron chi connectivity index (χ4n) is 6.81. The van der Waals surface area contributed by atoms with Gasteiger partial charge in [0.2, 0.25) is 0 Å². The molecule has 0 amide bonds. The Kier molecular flexibility index (Phi) is 48.0. The monoisotopic (exact) mass is 875 g/mol. The number of unbranched alkanes of at least 4 members (excludes halogenated alkanes) is 22. The average molecular weight is 875 g/mol. The summed E-state index contributed by atoms with van der Waals surface area (Å²) < 4.78 is 16.6. The molecule has 1 atom stereocenters. The molecule has 0 fully saturated rings. The first kappa shape index (κ1) is 59.3. The van der Waals surface area contributed by atoms with Crippen molar-refractivity contribution in [3.05, 3.63) is 97.2 Å². The van der Waals surface area contributed by atoms with E-state index in [2.05, 4.69) is 57.2 Å². The van der Waals surface area contributed by atoms with Crippen LogP contribution < -0.4 is 0 Å². The number of carbonyl (C=O) groups excluding carboxylic acids is 3. The fourth-order valence-corrected chi connectivity index (χ4v) is 6.81. The van der Waals surface area contributed by atoms with Crippen LogP contribution in [0.25, 0.3) is 0 Å². The van der Waals surface area contributed by atoms with Crippen molar-refractivity contribution in [1.29, 1.82) is 0 Å². The van der Waals surface area contributed by atoms with Crippen LogP contribution in [-0.2, 0) is 28.6 Å². The highest BCUT2D eigenvalue weighted by Gasteiger charge is 2.19. The van der Waals surface area contributed by atoms with Crippen LogP contribution in [0.4, 0.5) is 0 Å². The highest BCUT2D eigenvalue weighted by Crippen LogP contribution is 2.13. The number of hydrogen-bond donors (Lipinski definition) is 0. The summed E-state index contributed by atoms with van der Waals surface area (Å²) in [6.07, 6.45) is 67.0. The molecule has 0 saturated carbocycles. The maximum absolute atomic E-state index is 12.7. The summed E-state index contributed by atoms with van der Waals surface area (Å²) >= 11 is 0. The van der Waals surface area contributed by atoms with Crippen LogP contribution in [0.2, 0.25) is 0 Å². The maximum atomic E-state index is 12.7. The van der Waals surface area contributed by atoms with Gasteiger partial charge in [-0.3, -0.25) is 14.4 Å². The molecule has 1 unspecified atom stereocenters. The minimum atomic E-state index is -0.838. The van der Waals surface area contributed by atoms with Gasteiger partial charge in [0, 0.05) is 19.3 Å². The summed E-state index contributed by atoms with van der Waals surface area (Å²) in [7, 11) is 0. The smallest absolute Gasteiger partial charge is 0.306 e. The van der Waals surface area contributed by atoms with Crippen LogP contribution in [0.15, 0.2) is 97.2 Å². The lowest BCUT2D eigenvalue weighted by molar-refractivity contribution is -0.166. The lowest BCUT2D eigenvalue weighted by Gasteiger charge is -2.18. The molecule has 63 heavy (non-hydrogen) atoms. The van der Waals surface area contributed by atoms with Crippen LogP contribution in [0, 0.1) is 0 Å². The third-order valence-electron chi connectivity index (χ3n) is 10.7. The predicted molar refractivity (Wildman–Crippen MR) is 270 cm³/mol. The van der Waals surface area contributed by atoms with Crippen molar-refractivity contribution in [2.24, 2.45) is 0 Å². The van der Waals surface area contributed by atoms with Gasteiger partial charge in [0.15, 0.2) is 6.10 Å². The summed E-state index contributed by atoms with van der Waals surface area (Å²) in [4.78, 5) is 37.9. The molecule has 0 radical (unpaired) electrons. The van der Waals surface area contributed by atoms with Crippen molar-refractivity contribution in [3.8, 4) is 0 Å². The first-order chi connectivity index (χ1) is 31.0. The van der Waals surface area contributed by atoms with E-state index in [0.29, 0.717) is 19.3 Å². The molecule has 6 nitrogen and oxygen atoms in total. The molecule has 0 spiro atoms. The third-order valence-corrected chi connectivity index (χ3v) is 10.7. The summed E-state index contributed by atoms with van der Waals surface area (Å²) in [5.41, 5.74) is 0. The molecule has 0 N–H and O–H groups in total. The Morgan fingerprint density at radius 2 is 0.730 bits per heavy atom. The van der Waals surface area contributed by atoms with Gasteiger partial charge in [-0.1, -0.05) is 227 Å². The van der Waals surface area contributed by atoms with Crippen molar-refractivity contribution in [3.63, 3.8) is 0 Å². The van der Waals surface area contributed by atoms with Crippen molar-refractivity contribution >= 4 is 17.9 Å². The Hall–Kier alpha value is -3.67. The van der Waals surface area contributed by atoms with E-state index in [4.69, 9.17) is 14.2 Å². The topological polar surface area (TPSA) is 78.9 Å². The van der Waals surface area contributed by atoms with Crippen LogP contribution in [0.5, 0.6) is 0 Å². The normalized spacial score (nSPS) is 12.9. The van der Waals surface area contributed by atoms with Crippen molar-refractivity contribution in [2.45, 2.75) is 232 Å². The summed E-state index contributed by atoms with van der Waals surface area (Å²) in [6, 6.07) is 0. The second-order valence-corrected chi connectivity index (χ2v) is 16.8. The Morgan fingerprint density at radius 1 is 0.349 bits per heavy atom. The van der Waals surface area contributed by atoms with Crippen LogP contribution in [0.3, 0.4) is 0 Å². The lowest BCUT2D eigenvalue weighted by Crippen LogP contribution is -2.30. The van der Waals surface area contributed by atoms with Crippen molar-refractivity contribution in [2.75, 3.05) is 13.2 Å². The van der Waals surface area contributed by atoms with Crippen LogP contribution in [-0.4, -0.2) is 37.2 Å². The zero-order valence-electron chi connectivity index (χ0n) is 40.8. The summed E-state index contributed by atoms with van der Waals surface area (Å²) in [6.45, 7) is 6.36. The van der Waals surface area contributed by atoms with E-state index in [1.807, 2.05) is 60.8 Å². The lowest BCUT2D eigenvalue weighted by atomic mass is 10.1. The minimum absolute atomic E-state index is 0.126. The molecule has 0 aromatic heterocycles. The Labute approximate surface area is 387 Å². The van der Waals surface area contributed by atoms with Gasteiger partial charge < -0.3 is 14.2 Å². The fraction of sp³-hybridized carbons (Fsp3) is 0.667. The van der Waals surface area contributed by atoms with Crippen LogP contribution >= 0.6 is 0 Å². The number of rotatable bonds is 45. The second-order valence-electron chi connectivity index (χ2n) is 16.8. The molecule has 6 heteroatoms. The van der Waals surface area contributed by atoms with Gasteiger partial charge in [0.25, 0.3) is 0 Å². The zero-order chi connectivity index (χ0) is 45.8. The highest BCUT2D eigenvalue weighted by molar-refractivity contribution is 5.71. The number of hydrogen-bond acceptors (Lipinski definition) is 6. The van der Waals surface area contributed by atoms with E-state index in [1.54, 1.807) is 0 Å². The zero-order valence-corrected chi connectivity index (χ0v) is 40.8. The molecule has 0 rings (SSSR count). The molecule has 0 aromatic carbocycles. The molecule has 0 aliphatic rings. The first-order valence-corrected chi connectivity index (χ1v) is 25.8. The van der Waals surface area contributed by atoms with E-state index >= 15 is 0 Å². The second kappa shape index (κ2) is 51.0. The first-order valence-electron chi connectivity index (χ1n) is 25.8. The number of allylic oxidation sites excluding steroid dienone is 16. The quantitative estimate of drug-likeness (QED) is 0.0199. The van der Waals surface area contributed by atoms with Gasteiger partial charge in [-0.15, -0.1) is 0 Å². The molecule has 358 valence electrons. The average Bonchev–Trinajstić information content (AvgIpc) is 3.28. The van der Waals surface area contributed by atoms with Crippen molar-refractivity contribution in [1.82, 2.24) is 0 Å². The number of carbonyl (C=O) groups is 3. The molecule has 0 aromatic rings. The molecule has 0 heterocycles. The molecule has 0 aliphatic carbocycles. The van der Waals surface area contributed by atoms with E-state index in [-0.39, 0.29) is 38.0 Å². The van der Waals surface area contributed by atoms with E-state index in [1.165, 1.54) is 128 Å². The molecule has 0 saturated heterocycles. The number of ether oxygens (including phenoxy) is 3. The van der Waals surface area contributed by atoms with E-state index in [0.717, 1.165) is 44.9 Å². The van der Waals surface area contributed by atoms with E-state index in [9.17, 15) is 14.4 Å². The Morgan fingerprint density at radius 3 is 1.24 bits per heavy atom. The molecule has 0 bridgehead atoms. The van der Waals surface area contributed by atoms with Crippen molar-refractivity contribution < 1.29 is 28.6 Å². The highest BCUT2D eigenvalue weighted by atomic mass is 16.6. The van der Waals surface area contributed by atoms with Crippen LogP contribution in [0.1, 0.15) is 226 Å². The van der Waals surface area contributed by atoms with Gasteiger partial charge in [-0.25, -0.2) is 0 Å². The third kappa shape index (κ3) is 49.2. The maximum Gasteiger partial charge on any atom is 0.306 e. The molecule has 0 aliphatic heterocycles. The summed E-state index contributed by atoms with van der Waals surface area (Å²) in [5, 5.41) is 0. The summed E-state index contributed by atoms with van der Waals surface area (Å²) in [5.74, 6) is -1.08. The molecular weight excluding hydrogens is 781 g/mol. The van der Waals surface area contributed by atoms with Gasteiger partial charge in [0.05, 0.1) is 0 Å². The van der Waals surface area contributed by atoms with Gasteiger partial charge in [-0.05, 0) is 77.0 Å². The van der Waals surface area contributed by atoms with Gasteiger partial charge >= 0.3 is 17.9 Å². The SMILES string of the molecule is CC\C=C/C=C\C=C/C=C\C=C/CCCC(=O)OC(COC(=O)CC/C=C\C/C=C\CCCCCCCC)COC(=O)CCCCCCCCC/C=C\CCCCCCCCCC. The minimum Gasteiger partial charge on any atom is -0.462 e. The van der Waals surface area contributed by atoms with E-state index < -0.39 is 12.1 Å². The number of esters is 3. The largest absolute Gasteiger partial charge is 0.462 e. The predicted octanol–water partition coefficient (Wildman–Crippen LogP) is 17.0. The van der Waals surface area contributed by atoms with Gasteiger partial charge in [0.1, 0.15) is 13.2 Å².